The maximum atomic E-state index is 12.7. The molecular weight excluding hydrogens is 388 g/mol. The molecule has 0 unspecified atom stereocenters. The Balaban J connectivity index is 0.00000240. The number of carbonyl (C=O) groups excluding carboxylic acids is 1. The Hall–Kier alpha value is -2.37. The summed E-state index contributed by atoms with van der Waals surface area (Å²) in [5, 5.41) is 12.6. The molecule has 0 spiro atoms. The minimum atomic E-state index is -0.678. The second-order valence-electron chi connectivity index (χ2n) is 7.84. The van der Waals surface area contributed by atoms with Crippen LogP contribution in [0.1, 0.15) is 40.7 Å². The SMILES string of the molecule is Cl.O=C1Cc2ccccc2Nc2ccc(CCCN3CCC[C@@H](C(=O)O)C3)cc21. The fourth-order valence-electron chi connectivity index (χ4n) is 4.26. The lowest BCUT2D eigenvalue weighted by molar-refractivity contribution is -0.143. The second kappa shape index (κ2) is 9.42. The summed E-state index contributed by atoms with van der Waals surface area (Å²) in [6, 6.07) is 14.1. The molecule has 6 heteroatoms. The average molecular weight is 415 g/mol. The number of carbonyl (C=O) groups is 2. The Kier molecular flexibility index (Phi) is 6.93. The van der Waals surface area contributed by atoms with Crippen molar-refractivity contribution in [1.29, 1.82) is 0 Å². The van der Waals surface area contributed by atoms with E-state index in [0.717, 1.165) is 66.8 Å². The van der Waals surface area contributed by atoms with Gasteiger partial charge in [0, 0.05) is 29.9 Å². The molecule has 1 atom stereocenters. The highest BCUT2D eigenvalue weighted by molar-refractivity contribution is 6.05. The van der Waals surface area contributed by atoms with Crippen molar-refractivity contribution in [1.82, 2.24) is 4.90 Å². The van der Waals surface area contributed by atoms with Gasteiger partial charge in [-0.15, -0.1) is 12.4 Å². The van der Waals surface area contributed by atoms with Gasteiger partial charge in [0.05, 0.1) is 5.92 Å². The number of carboxylic acids is 1. The topological polar surface area (TPSA) is 69.6 Å². The molecule has 0 aliphatic carbocycles. The zero-order valence-electron chi connectivity index (χ0n) is 16.4. The maximum Gasteiger partial charge on any atom is 0.307 e. The minimum Gasteiger partial charge on any atom is -0.481 e. The first-order valence-corrected chi connectivity index (χ1v) is 10.1. The molecule has 4 rings (SSSR count). The molecule has 1 fully saturated rings. The quantitative estimate of drug-likeness (QED) is 0.762. The van der Waals surface area contributed by atoms with Crippen LogP contribution in [-0.2, 0) is 17.6 Å². The van der Waals surface area contributed by atoms with Crippen molar-refractivity contribution in [3.63, 3.8) is 0 Å². The summed E-state index contributed by atoms with van der Waals surface area (Å²) in [6.45, 7) is 2.54. The first kappa shape index (κ1) is 21.3. The van der Waals surface area contributed by atoms with E-state index in [2.05, 4.69) is 16.3 Å². The highest BCUT2D eigenvalue weighted by Gasteiger charge is 2.25. The van der Waals surface area contributed by atoms with Gasteiger partial charge in [0.1, 0.15) is 0 Å². The number of nitrogens with one attached hydrogen (secondary N) is 1. The van der Waals surface area contributed by atoms with Gasteiger partial charge in [-0.2, -0.15) is 0 Å². The van der Waals surface area contributed by atoms with Crippen LogP contribution in [0.3, 0.4) is 0 Å². The number of Topliss-reactive ketones (excluding diaryl/α,β-unsaturated/α-hetero) is 1. The van der Waals surface area contributed by atoms with Crippen molar-refractivity contribution in [3.05, 3.63) is 59.2 Å². The number of benzene rings is 2. The molecular formula is C23H27ClN2O3. The van der Waals surface area contributed by atoms with Gasteiger partial charge in [0.25, 0.3) is 0 Å². The summed E-state index contributed by atoms with van der Waals surface area (Å²) in [4.78, 5) is 26.2. The number of para-hydroxylation sites is 1. The monoisotopic (exact) mass is 414 g/mol. The number of aliphatic carboxylic acids is 1. The van der Waals surface area contributed by atoms with E-state index >= 15 is 0 Å². The average Bonchev–Trinajstić information content (AvgIpc) is 2.84. The molecule has 154 valence electrons. The van der Waals surface area contributed by atoms with E-state index in [4.69, 9.17) is 0 Å². The van der Waals surface area contributed by atoms with Gasteiger partial charge < -0.3 is 15.3 Å². The van der Waals surface area contributed by atoms with Crippen molar-refractivity contribution in [2.45, 2.75) is 32.1 Å². The largest absolute Gasteiger partial charge is 0.481 e. The highest BCUT2D eigenvalue weighted by atomic mass is 35.5. The van der Waals surface area contributed by atoms with Gasteiger partial charge in [-0.1, -0.05) is 24.3 Å². The molecule has 0 bridgehead atoms. The summed E-state index contributed by atoms with van der Waals surface area (Å²) < 4.78 is 0. The number of nitrogens with zero attached hydrogens (tertiary/aromatic N) is 1. The van der Waals surface area contributed by atoms with Crippen LogP contribution in [0.5, 0.6) is 0 Å². The van der Waals surface area contributed by atoms with Gasteiger partial charge >= 0.3 is 5.97 Å². The molecule has 2 heterocycles. The van der Waals surface area contributed by atoms with Crippen LogP contribution >= 0.6 is 12.4 Å². The Morgan fingerprint density at radius 2 is 2.00 bits per heavy atom. The van der Waals surface area contributed by atoms with Crippen molar-refractivity contribution in [3.8, 4) is 0 Å². The molecule has 1 saturated heterocycles. The zero-order valence-corrected chi connectivity index (χ0v) is 17.2. The van der Waals surface area contributed by atoms with E-state index < -0.39 is 5.97 Å². The standard InChI is InChI=1S/C23H26N2O3.ClH/c26-22-14-17-6-1-2-8-20(17)24-21-10-9-16(13-19(21)22)5-3-11-25-12-4-7-18(15-25)23(27)28;/h1-2,6,8-10,13,18,24H,3-5,7,11-12,14-15H2,(H,27,28);1H/t18-;/m1./s1. The summed E-state index contributed by atoms with van der Waals surface area (Å²) in [5.41, 5.74) is 4.83. The molecule has 2 aromatic carbocycles. The molecule has 0 amide bonds. The lowest BCUT2D eigenvalue weighted by Gasteiger charge is -2.30. The molecule has 0 aromatic heterocycles. The zero-order chi connectivity index (χ0) is 19.5. The van der Waals surface area contributed by atoms with E-state index in [0.29, 0.717) is 13.0 Å². The minimum absolute atomic E-state index is 0. The number of halogens is 1. The second-order valence-corrected chi connectivity index (χ2v) is 7.84. The van der Waals surface area contributed by atoms with Crippen molar-refractivity contribution >= 4 is 35.5 Å². The Morgan fingerprint density at radius 1 is 1.17 bits per heavy atom. The predicted molar refractivity (Wildman–Crippen MR) is 117 cm³/mol. The maximum absolute atomic E-state index is 12.7. The van der Waals surface area contributed by atoms with Gasteiger partial charge in [0.2, 0.25) is 0 Å². The Morgan fingerprint density at radius 3 is 2.83 bits per heavy atom. The van der Waals surface area contributed by atoms with Crippen LogP contribution in [0, 0.1) is 5.92 Å². The Bertz CT molecular complexity index is 899. The number of rotatable bonds is 5. The molecule has 2 N–H and O–H groups in total. The summed E-state index contributed by atoms with van der Waals surface area (Å²) in [6.07, 6.45) is 4.02. The van der Waals surface area contributed by atoms with E-state index in [1.165, 1.54) is 0 Å². The number of piperidine rings is 1. The van der Waals surface area contributed by atoms with E-state index in [-0.39, 0.29) is 24.1 Å². The summed E-state index contributed by atoms with van der Waals surface area (Å²) >= 11 is 0. The van der Waals surface area contributed by atoms with Gasteiger partial charge in [-0.25, -0.2) is 0 Å². The van der Waals surface area contributed by atoms with Crippen molar-refractivity contribution in [2.75, 3.05) is 25.0 Å². The number of hydrogen-bond donors (Lipinski definition) is 2. The van der Waals surface area contributed by atoms with Crippen LogP contribution < -0.4 is 5.32 Å². The number of likely N-dealkylation sites (tertiary alicyclic amines) is 1. The van der Waals surface area contributed by atoms with E-state index in [1.54, 1.807) is 0 Å². The molecule has 29 heavy (non-hydrogen) atoms. The van der Waals surface area contributed by atoms with Crippen LogP contribution in [0.25, 0.3) is 0 Å². The fraction of sp³-hybridized carbons (Fsp3) is 0.391. The smallest absolute Gasteiger partial charge is 0.307 e. The number of anilines is 2. The van der Waals surface area contributed by atoms with Crippen LogP contribution in [-0.4, -0.2) is 41.4 Å². The van der Waals surface area contributed by atoms with Crippen LogP contribution in [0.2, 0.25) is 0 Å². The van der Waals surface area contributed by atoms with E-state index in [9.17, 15) is 14.7 Å². The van der Waals surface area contributed by atoms with Gasteiger partial charge in [0.15, 0.2) is 5.78 Å². The molecule has 5 nitrogen and oxygen atoms in total. The predicted octanol–water partition coefficient (Wildman–Crippen LogP) is 4.32. The van der Waals surface area contributed by atoms with Crippen LogP contribution in [0.4, 0.5) is 11.4 Å². The first-order chi connectivity index (χ1) is 13.6. The first-order valence-electron chi connectivity index (χ1n) is 10.1. The highest BCUT2D eigenvalue weighted by Crippen LogP contribution is 2.30. The number of ketones is 1. The number of carboxylic acid groups (broad SMARTS) is 1. The fourth-order valence-corrected chi connectivity index (χ4v) is 4.26. The molecule has 0 saturated carbocycles. The van der Waals surface area contributed by atoms with Crippen molar-refractivity contribution < 1.29 is 14.7 Å². The normalized spacial score (nSPS) is 18.6. The summed E-state index contributed by atoms with van der Waals surface area (Å²) in [5.74, 6) is -0.760. The van der Waals surface area contributed by atoms with Gasteiger partial charge in [-0.3, -0.25) is 9.59 Å². The van der Waals surface area contributed by atoms with Crippen LogP contribution in [0.15, 0.2) is 42.5 Å². The number of hydrogen-bond acceptors (Lipinski definition) is 4. The number of aryl methyl sites for hydroxylation is 1. The molecule has 0 radical (unpaired) electrons. The molecule has 2 aliphatic heterocycles. The van der Waals surface area contributed by atoms with Gasteiger partial charge in [-0.05, 0) is 68.1 Å². The third kappa shape index (κ3) is 4.98. The third-order valence-corrected chi connectivity index (χ3v) is 5.82. The lowest BCUT2D eigenvalue weighted by Crippen LogP contribution is -2.39. The molecule has 2 aliphatic rings. The Labute approximate surface area is 177 Å². The van der Waals surface area contributed by atoms with E-state index in [1.807, 2.05) is 36.4 Å². The summed E-state index contributed by atoms with van der Waals surface area (Å²) in [7, 11) is 0. The third-order valence-electron chi connectivity index (χ3n) is 5.82. The van der Waals surface area contributed by atoms with Crippen molar-refractivity contribution in [2.24, 2.45) is 5.92 Å². The molecule has 2 aromatic rings. The lowest BCUT2D eigenvalue weighted by atomic mass is 9.97. The number of fused-ring (bicyclic) bond motifs is 2.